The Balaban J connectivity index is 2.47. The molecule has 0 aliphatic carbocycles. The fraction of sp³-hybridized carbons (Fsp3) is 1.00. The molecule has 0 spiro atoms. The molecule has 0 aromatic heterocycles. The van der Waals surface area contributed by atoms with Gasteiger partial charge in [0, 0.05) is 8.07 Å². The Labute approximate surface area is 80.4 Å². The van der Waals surface area contributed by atoms with Crippen LogP contribution in [0.5, 0.6) is 0 Å². The number of rotatable bonds is 3. The Morgan fingerprint density at radius 2 is 1.45 bits per heavy atom. The average molecular weight is 251 g/mol. The van der Waals surface area contributed by atoms with Crippen LogP contribution >= 0.6 is 15.3 Å². The lowest BCUT2D eigenvalue weighted by Gasteiger charge is -2.50. The van der Waals surface area contributed by atoms with Gasteiger partial charge in [0.25, 0.3) is 0 Å². The van der Waals surface area contributed by atoms with Crippen LogP contribution in [0.4, 0.5) is 0 Å². The van der Waals surface area contributed by atoms with Crippen molar-refractivity contribution >= 4 is 30.1 Å². The summed E-state index contributed by atoms with van der Waals surface area (Å²) >= 11 is 4.00. The van der Waals surface area contributed by atoms with E-state index in [9.17, 15) is 0 Å². The molecule has 1 heterocycles. The molecule has 0 atom stereocenters. The third-order valence-electron chi connectivity index (χ3n) is 3.52. The zero-order valence-corrected chi connectivity index (χ0v) is 11.5. The van der Waals surface area contributed by atoms with Crippen molar-refractivity contribution in [3.63, 3.8) is 0 Å². The molecular formula is C8H19BrSi2. The predicted octanol–water partition coefficient (Wildman–Crippen LogP) is 3.93. The zero-order valence-electron chi connectivity index (χ0n) is 7.91. The van der Waals surface area contributed by atoms with Gasteiger partial charge in [-0.2, -0.15) is 0 Å². The van der Waals surface area contributed by atoms with E-state index in [1.165, 1.54) is 18.1 Å². The smallest absolute Gasteiger partial charge is 0.125 e. The van der Waals surface area contributed by atoms with Crippen LogP contribution in [0.25, 0.3) is 0 Å². The van der Waals surface area contributed by atoms with Crippen molar-refractivity contribution in [2.75, 3.05) is 0 Å². The summed E-state index contributed by atoms with van der Waals surface area (Å²) in [5, 5.41) is 0. The fourth-order valence-corrected chi connectivity index (χ4v) is 29.8. The molecule has 11 heavy (non-hydrogen) atoms. The van der Waals surface area contributed by atoms with E-state index in [-0.39, 0.29) is 0 Å². The van der Waals surface area contributed by atoms with Gasteiger partial charge >= 0.3 is 0 Å². The van der Waals surface area contributed by atoms with Crippen LogP contribution in [0.3, 0.4) is 0 Å². The Bertz CT molecular complexity index is 135. The maximum atomic E-state index is 4.00. The summed E-state index contributed by atoms with van der Waals surface area (Å²) in [5.74, 6) is 0. The van der Waals surface area contributed by atoms with Crippen LogP contribution < -0.4 is 0 Å². The summed E-state index contributed by atoms with van der Waals surface area (Å²) in [5.41, 5.74) is 3.34. The Morgan fingerprint density at radius 1 is 1.00 bits per heavy atom. The lowest BCUT2D eigenvalue weighted by atomic mass is 10.9. The van der Waals surface area contributed by atoms with Gasteiger partial charge in [0.2, 0.25) is 0 Å². The van der Waals surface area contributed by atoms with E-state index in [1.54, 1.807) is 11.3 Å². The Kier molecular flexibility index (Phi) is 3.04. The van der Waals surface area contributed by atoms with E-state index in [0.29, 0.717) is 0 Å². The average Bonchev–Trinajstić information content (AvgIpc) is 1.98. The largest absolute Gasteiger partial charge is 0.127 e. The summed E-state index contributed by atoms with van der Waals surface area (Å²) < 4.78 is 0. The lowest BCUT2D eigenvalue weighted by Crippen LogP contribution is -2.58. The van der Waals surface area contributed by atoms with Crippen LogP contribution in [0.15, 0.2) is 0 Å². The Morgan fingerprint density at radius 3 is 1.73 bits per heavy atom. The highest BCUT2D eigenvalue weighted by Crippen LogP contribution is 2.50. The Hall–Kier alpha value is 0.914. The predicted molar refractivity (Wildman–Crippen MR) is 61.5 cm³/mol. The molecule has 0 saturated carbocycles. The van der Waals surface area contributed by atoms with Crippen LogP contribution in [0.2, 0.25) is 29.5 Å². The zero-order chi connectivity index (χ0) is 8.54. The topological polar surface area (TPSA) is 0 Å². The summed E-state index contributed by atoms with van der Waals surface area (Å²) in [6.45, 7) is 6.41. The fourth-order valence-electron chi connectivity index (χ4n) is 2.29. The number of hydrogen-bond acceptors (Lipinski definition) is 0. The lowest BCUT2D eigenvalue weighted by molar-refractivity contribution is 1.15. The van der Waals surface area contributed by atoms with Crippen LogP contribution in [-0.4, -0.2) is 14.8 Å². The molecule has 3 heteroatoms. The van der Waals surface area contributed by atoms with Crippen LogP contribution in [0.1, 0.15) is 20.8 Å². The minimum Gasteiger partial charge on any atom is -0.127 e. The molecule has 0 bridgehead atoms. The monoisotopic (exact) mass is 250 g/mol. The molecule has 0 N–H and O–H groups in total. The maximum Gasteiger partial charge on any atom is 0.125 e. The van der Waals surface area contributed by atoms with E-state index in [1.807, 2.05) is 0 Å². The van der Waals surface area contributed by atoms with Gasteiger partial charge in [-0.1, -0.05) is 50.2 Å². The van der Waals surface area contributed by atoms with Crippen molar-refractivity contribution < 1.29 is 0 Å². The van der Waals surface area contributed by atoms with Crippen molar-refractivity contribution in [1.82, 2.24) is 0 Å². The van der Waals surface area contributed by atoms with Crippen molar-refractivity contribution in [3.05, 3.63) is 0 Å². The molecule has 0 amide bonds. The minimum absolute atomic E-state index is 0.632. The third-order valence-corrected chi connectivity index (χ3v) is 25.6. The summed E-state index contributed by atoms with van der Waals surface area (Å²) in [6.07, 6.45) is 0. The van der Waals surface area contributed by atoms with Gasteiger partial charge < -0.3 is 0 Å². The molecule has 1 rings (SSSR count). The third kappa shape index (κ3) is 1.81. The van der Waals surface area contributed by atoms with Crippen LogP contribution in [-0.2, 0) is 0 Å². The normalized spacial score (nSPS) is 26.2. The molecule has 0 radical (unpaired) electrons. The first-order valence-corrected chi connectivity index (χ1v) is 12.5. The molecule has 1 saturated heterocycles. The second kappa shape index (κ2) is 3.34. The standard InChI is InChI=1S/C8H19BrSi2/c1-4-10(5-2)7-11(9,6-3)8-10/h4-8H2,1-3H3. The molecule has 1 fully saturated rings. The van der Waals surface area contributed by atoms with Gasteiger partial charge in [0.15, 0.2) is 0 Å². The molecule has 1 aliphatic heterocycles. The van der Waals surface area contributed by atoms with Crippen molar-refractivity contribution in [1.29, 1.82) is 0 Å². The van der Waals surface area contributed by atoms with Crippen LogP contribution in [0, 0.1) is 0 Å². The number of halogens is 1. The van der Waals surface area contributed by atoms with E-state index in [4.69, 9.17) is 0 Å². The summed E-state index contributed by atoms with van der Waals surface area (Å²) in [4.78, 5) is 0. The van der Waals surface area contributed by atoms with Gasteiger partial charge in [-0.05, 0) is 0 Å². The molecule has 0 aromatic carbocycles. The van der Waals surface area contributed by atoms with E-state index in [0.717, 1.165) is 0 Å². The van der Waals surface area contributed by atoms with Crippen molar-refractivity contribution in [2.45, 2.75) is 50.2 Å². The highest BCUT2D eigenvalue weighted by molar-refractivity contribution is 9.26. The molecule has 0 nitrogen and oxygen atoms in total. The molecular weight excluding hydrogens is 232 g/mol. The van der Waals surface area contributed by atoms with E-state index >= 15 is 0 Å². The highest BCUT2D eigenvalue weighted by atomic mass is 79.9. The summed E-state index contributed by atoms with van der Waals surface area (Å²) in [6, 6.07) is 4.52. The van der Waals surface area contributed by atoms with Gasteiger partial charge in [-0.25, -0.2) is 0 Å². The minimum atomic E-state index is -0.774. The first-order chi connectivity index (χ1) is 5.10. The van der Waals surface area contributed by atoms with E-state index < -0.39 is 14.8 Å². The molecule has 1 aliphatic rings. The SMILES string of the molecule is CC[Si]1(Br)C[Si](CC)(CC)C1. The first-order valence-electron chi connectivity index (χ1n) is 4.79. The van der Waals surface area contributed by atoms with Crippen molar-refractivity contribution in [3.8, 4) is 0 Å². The second-order valence-corrected chi connectivity index (χ2v) is 19.4. The van der Waals surface area contributed by atoms with Gasteiger partial charge in [0.1, 0.15) is 6.69 Å². The molecule has 0 unspecified atom stereocenters. The van der Waals surface area contributed by atoms with E-state index in [2.05, 4.69) is 36.1 Å². The van der Waals surface area contributed by atoms with Gasteiger partial charge in [-0.15, -0.1) is 15.3 Å². The summed E-state index contributed by atoms with van der Waals surface area (Å²) in [7, 11) is -0.632. The first kappa shape index (κ1) is 10.00. The second-order valence-electron chi connectivity index (χ2n) is 4.07. The maximum absolute atomic E-state index is 4.00. The highest BCUT2D eigenvalue weighted by Gasteiger charge is 2.52. The van der Waals surface area contributed by atoms with Gasteiger partial charge in [-0.3, -0.25) is 0 Å². The van der Waals surface area contributed by atoms with Crippen molar-refractivity contribution in [2.24, 2.45) is 0 Å². The molecule has 0 aromatic rings. The number of hydrogen-bond donors (Lipinski definition) is 0. The van der Waals surface area contributed by atoms with Gasteiger partial charge in [0.05, 0.1) is 0 Å². The quantitative estimate of drug-likeness (QED) is 0.526. The molecule has 66 valence electrons.